The SMILES string of the molecule is CCCCOc1cccc([C@H]2/C(=C(\O)c3ccc4c(c3)OCCO4)C(=O)C(=O)N2CCCOC)c1. The van der Waals surface area contributed by atoms with E-state index in [0.717, 1.165) is 12.8 Å². The van der Waals surface area contributed by atoms with Crippen molar-refractivity contribution in [2.75, 3.05) is 40.1 Å². The molecule has 35 heavy (non-hydrogen) atoms. The summed E-state index contributed by atoms with van der Waals surface area (Å²) in [7, 11) is 1.59. The van der Waals surface area contributed by atoms with Crippen LogP contribution >= 0.6 is 0 Å². The van der Waals surface area contributed by atoms with Gasteiger partial charge in [-0.1, -0.05) is 25.5 Å². The molecule has 0 spiro atoms. The first kappa shape index (κ1) is 24.6. The van der Waals surface area contributed by atoms with Crippen LogP contribution < -0.4 is 14.2 Å². The summed E-state index contributed by atoms with van der Waals surface area (Å²) in [6, 6.07) is 11.6. The molecule has 8 heteroatoms. The molecule has 8 nitrogen and oxygen atoms in total. The number of aliphatic hydroxyl groups excluding tert-OH is 1. The van der Waals surface area contributed by atoms with E-state index in [2.05, 4.69) is 6.92 Å². The Hall–Kier alpha value is -3.52. The van der Waals surface area contributed by atoms with Gasteiger partial charge in [0.05, 0.1) is 18.2 Å². The first-order valence-corrected chi connectivity index (χ1v) is 11.9. The Bertz CT molecular complexity index is 1110. The lowest BCUT2D eigenvalue weighted by molar-refractivity contribution is -0.140. The monoisotopic (exact) mass is 481 g/mol. The van der Waals surface area contributed by atoms with Gasteiger partial charge in [-0.25, -0.2) is 0 Å². The Morgan fingerprint density at radius 3 is 2.63 bits per heavy atom. The Morgan fingerprint density at radius 2 is 1.86 bits per heavy atom. The lowest BCUT2D eigenvalue weighted by atomic mass is 9.95. The van der Waals surface area contributed by atoms with Crippen LogP contribution in [0.25, 0.3) is 5.76 Å². The molecule has 1 atom stereocenters. The molecule has 1 amide bonds. The van der Waals surface area contributed by atoms with Crippen molar-refractivity contribution in [1.29, 1.82) is 0 Å². The van der Waals surface area contributed by atoms with Crippen LogP contribution in [0.15, 0.2) is 48.0 Å². The number of ether oxygens (including phenoxy) is 4. The maximum Gasteiger partial charge on any atom is 0.295 e. The van der Waals surface area contributed by atoms with Crippen LogP contribution in [-0.4, -0.2) is 61.8 Å². The molecule has 0 radical (unpaired) electrons. The van der Waals surface area contributed by atoms with Gasteiger partial charge in [-0.2, -0.15) is 0 Å². The Kier molecular flexibility index (Phi) is 7.92. The van der Waals surface area contributed by atoms with Gasteiger partial charge in [0.25, 0.3) is 11.7 Å². The minimum atomic E-state index is -0.755. The molecule has 186 valence electrons. The quantitative estimate of drug-likeness (QED) is 0.236. The second-order valence-corrected chi connectivity index (χ2v) is 8.47. The van der Waals surface area contributed by atoms with Gasteiger partial charge in [-0.15, -0.1) is 0 Å². The molecule has 2 aromatic rings. The molecule has 1 saturated heterocycles. The van der Waals surface area contributed by atoms with E-state index in [1.807, 2.05) is 24.3 Å². The standard InChI is InChI=1S/C27H31NO7/c1-3-4-13-33-20-8-5-7-18(16-20)24-23(26(30)27(31)28(24)11-6-12-32-2)25(29)19-9-10-21-22(17-19)35-15-14-34-21/h5,7-10,16-17,24,29H,3-4,6,11-15H2,1-2H3/b25-23+/t24-/m0/s1. The summed E-state index contributed by atoms with van der Waals surface area (Å²) in [5.74, 6) is 0.0769. The molecule has 1 N–H and O–H groups in total. The lowest BCUT2D eigenvalue weighted by Gasteiger charge is -2.26. The number of benzene rings is 2. The second-order valence-electron chi connectivity index (χ2n) is 8.47. The molecule has 0 saturated carbocycles. The Morgan fingerprint density at radius 1 is 1.06 bits per heavy atom. The number of Topliss-reactive ketones (excluding diaryl/α,β-unsaturated/α-hetero) is 1. The minimum absolute atomic E-state index is 0.0369. The van der Waals surface area contributed by atoms with Gasteiger partial charge in [0, 0.05) is 25.8 Å². The van der Waals surface area contributed by atoms with Crippen LogP contribution in [-0.2, 0) is 14.3 Å². The summed E-state index contributed by atoms with van der Waals surface area (Å²) in [5.41, 5.74) is 1.11. The topological polar surface area (TPSA) is 94.5 Å². The number of aliphatic hydroxyl groups is 1. The number of amides is 1. The zero-order chi connectivity index (χ0) is 24.8. The van der Waals surface area contributed by atoms with E-state index in [9.17, 15) is 14.7 Å². The summed E-state index contributed by atoms with van der Waals surface area (Å²) in [4.78, 5) is 27.8. The summed E-state index contributed by atoms with van der Waals surface area (Å²) in [6.07, 6.45) is 2.48. The van der Waals surface area contributed by atoms with Gasteiger partial charge in [0.15, 0.2) is 11.5 Å². The van der Waals surface area contributed by atoms with Crippen LogP contribution in [0.1, 0.15) is 43.4 Å². The number of rotatable bonds is 10. The maximum absolute atomic E-state index is 13.2. The summed E-state index contributed by atoms with van der Waals surface area (Å²) >= 11 is 0. The third-order valence-electron chi connectivity index (χ3n) is 6.04. The smallest absolute Gasteiger partial charge is 0.295 e. The molecule has 2 aromatic carbocycles. The van der Waals surface area contributed by atoms with Crippen molar-refractivity contribution >= 4 is 17.4 Å². The van der Waals surface area contributed by atoms with E-state index < -0.39 is 17.7 Å². The lowest BCUT2D eigenvalue weighted by Crippen LogP contribution is -2.31. The molecule has 0 unspecified atom stereocenters. The Balaban J connectivity index is 1.76. The first-order chi connectivity index (χ1) is 17.0. The number of hydrogen-bond donors (Lipinski definition) is 1. The third kappa shape index (κ3) is 5.27. The van der Waals surface area contributed by atoms with Crippen molar-refractivity contribution in [2.45, 2.75) is 32.2 Å². The molecule has 0 aliphatic carbocycles. The van der Waals surface area contributed by atoms with E-state index in [1.165, 1.54) is 4.90 Å². The van der Waals surface area contributed by atoms with Gasteiger partial charge in [-0.3, -0.25) is 9.59 Å². The van der Waals surface area contributed by atoms with E-state index in [0.29, 0.717) is 67.8 Å². The third-order valence-corrected chi connectivity index (χ3v) is 6.04. The van der Waals surface area contributed by atoms with Crippen molar-refractivity contribution < 1.29 is 33.6 Å². The molecule has 2 heterocycles. The molecule has 0 aromatic heterocycles. The molecule has 4 rings (SSSR count). The normalized spacial score (nSPS) is 18.7. The maximum atomic E-state index is 13.2. The van der Waals surface area contributed by atoms with Crippen LogP contribution in [0.3, 0.4) is 0 Å². The highest BCUT2D eigenvalue weighted by molar-refractivity contribution is 6.46. The van der Waals surface area contributed by atoms with Crippen molar-refractivity contribution in [2.24, 2.45) is 0 Å². The van der Waals surface area contributed by atoms with Crippen molar-refractivity contribution in [1.82, 2.24) is 4.90 Å². The zero-order valence-electron chi connectivity index (χ0n) is 20.1. The average Bonchev–Trinajstić information content (AvgIpc) is 3.13. The molecule has 2 aliphatic heterocycles. The number of fused-ring (bicyclic) bond motifs is 1. The highest BCUT2D eigenvalue weighted by Gasteiger charge is 2.46. The molecule has 1 fully saturated rings. The molecular weight excluding hydrogens is 450 g/mol. The summed E-state index contributed by atoms with van der Waals surface area (Å²) < 4.78 is 22.2. The van der Waals surface area contributed by atoms with Crippen LogP contribution in [0, 0.1) is 0 Å². The molecule has 0 bridgehead atoms. The van der Waals surface area contributed by atoms with Gasteiger partial charge in [0.1, 0.15) is 24.7 Å². The van der Waals surface area contributed by atoms with E-state index >= 15 is 0 Å². The minimum Gasteiger partial charge on any atom is -0.507 e. The van der Waals surface area contributed by atoms with Crippen molar-refractivity contribution in [3.05, 3.63) is 59.2 Å². The number of likely N-dealkylation sites (tertiary alicyclic amines) is 1. The predicted octanol–water partition coefficient (Wildman–Crippen LogP) is 4.09. The Labute approximate surface area is 205 Å². The number of methoxy groups -OCH3 is 1. The number of carbonyl (C=O) groups is 2. The van der Waals surface area contributed by atoms with Gasteiger partial charge in [0.2, 0.25) is 0 Å². The summed E-state index contributed by atoms with van der Waals surface area (Å²) in [6.45, 7) is 4.25. The molecule has 2 aliphatic rings. The van der Waals surface area contributed by atoms with Crippen LogP contribution in [0.4, 0.5) is 0 Å². The van der Waals surface area contributed by atoms with Crippen molar-refractivity contribution in [3.8, 4) is 17.2 Å². The second kappa shape index (κ2) is 11.3. The van der Waals surface area contributed by atoms with Crippen LogP contribution in [0.5, 0.6) is 17.2 Å². The number of hydrogen-bond acceptors (Lipinski definition) is 7. The van der Waals surface area contributed by atoms with E-state index in [-0.39, 0.29) is 11.3 Å². The van der Waals surface area contributed by atoms with E-state index in [4.69, 9.17) is 18.9 Å². The zero-order valence-corrected chi connectivity index (χ0v) is 20.1. The van der Waals surface area contributed by atoms with Crippen molar-refractivity contribution in [3.63, 3.8) is 0 Å². The highest BCUT2D eigenvalue weighted by Crippen LogP contribution is 2.41. The number of carbonyl (C=O) groups excluding carboxylic acids is 2. The largest absolute Gasteiger partial charge is 0.507 e. The number of nitrogens with zero attached hydrogens (tertiary/aromatic N) is 1. The number of unbranched alkanes of at least 4 members (excludes halogenated alkanes) is 1. The predicted molar refractivity (Wildman–Crippen MR) is 130 cm³/mol. The molecular formula is C27H31NO7. The average molecular weight is 482 g/mol. The highest BCUT2D eigenvalue weighted by atomic mass is 16.6. The summed E-state index contributed by atoms with van der Waals surface area (Å²) in [5, 5.41) is 11.3. The fourth-order valence-electron chi connectivity index (χ4n) is 4.29. The number of ketones is 1. The van der Waals surface area contributed by atoms with Gasteiger partial charge < -0.3 is 29.0 Å². The fraction of sp³-hybridized carbons (Fsp3) is 0.407. The van der Waals surface area contributed by atoms with E-state index in [1.54, 1.807) is 25.3 Å². The fourth-order valence-corrected chi connectivity index (χ4v) is 4.29. The van der Waals surface area contributed by atoms with Gasteiger partial charge in [-0.05, 0) is 48.7 Å². The van der Waals surface area contributed by atoms with Crippen LogP contribution in [0.2, 0.25) is 0 Å². The van der Waals surface area contributed by atoms with Gasteiger partial charge >= 0.3 is 0 Å². The first-order valence-electron chi connectivity index (χ1n) is 11.9.